The summed E-state index contributed by atoms with van der Waals surface area (Å²) < 4.78 is 5.28. The minimum Gasteiger partial charge on any atom is -0.495 e. The van der Waals surface area contributed by atoms with Crippen LogP contribution in [0.1, 0.15) is 0 Å². The van der Waals surface area contributed by atoms with Gasteiger partial charge in [-0.3, -0.25) is 10.1 Å². The standard InChI is InChI=1S/C17H13ClN4O3/c1-25-15-8-3-2-7-14(15)20-17-19-10-13(18)16(21-17)11-5-4-6-12(9-11)22(23)24/h2-10H,1H3,(H,19,20,21). The molecule has 0 unspecified atom stereocenters. The number of rotatable bonds is 5. The summed E-state index contributed by atoms with van der Waals surface area (Å²) in [6, 6.07) is 13.4. The Morgan fingerprint density at radius 2 is 2.00 bits per heavy atom. The number of anilines is 2. The third-order valence-electron chi connectivity index (χ3n) is 3.43. The van der Waals surface area contributed by atoms with E-state index >= 15 is 0 Å². The van der Waals surface area contributed by atoms with E-state index in [1.165, 1.54) is 18.3 Å². The fourth-order valence-corrected chi connectivity index (χ4v) is 2.47. The number of non-ortho nitro benzene ring substituents is 1. The predicted molar refractivity (Wildman–Crippen MR) is 95.4 cm³/mol. The van der Waals surface area contributed by atoms with Gasteiger partial charge in [-0.2, -0.15) is 0 Å². The molecule has 25 heavy (non-hydrogen) atoms. The largest absolute Gasteiger partial charge is 0.495 e. The molecule has 0 aliphatic rings. The van der Waals surface area contributed by atoms with Crippen molar-refractivity contribution in [2.75, 3.05) is 12.4 Å². The molecule has 0 atom stereocenters. The van der Waals surface area contributed by atoms with Crippen LogP contribution in [0.3, 0.4) is 0 Å². The van der Waals surface area contributed by atoms with Crippen molar-refractivity contribution in [3.05, 3.63) is 69.9 Å². The number of benzene rings is 2. The molecule has 0 radical (unpaired) electrons. The van der Waals surface area contributed by atoms with Gasteiger partial charge in [0.15, 0.2) is 0 Å². The van der Waals surface area contributed by atoms with Crippen LogP contribution in [0, 0.1) is 10.1 Å². The molecule has 0 bridgehead atoms. The van der Waals surface area contributed by atoms with Gasteiger partial charge in [0.2, 0.25) is 5.95 Å². The second kappa shape index (κ2) is 7.14. The van der Waals surface area contributed by atoms with Crippen molar-refractivity contribution in [2.24, 2.45) is 0 Å². The second-order valence-electron chi connectivity index (χ2n) is 5.02. The molecular weight excluding hydrogens is 344 g/mol. The molecule has 8 heteroatoms. The molecule has 0 spiro atoms. The lowest BCUT2D eigenvalue weighted by atomic mass is 10.1. The molecule has 0 saturated heterocycles. The molecule has 7 nitrogen and oxygen atoms in total. The zero-order valence-electron chi connectivity index (χ0n) is 13.1. The molecule has 3 rings (SSSR count). The maximum Gasteiger partial charge on any atom is 0.270 e. The van der Waals surface area contributed by atoms with Crippen LogP contribution in [0.25, 0.3) is 11.3 Å². The van der Waals surface area contributed by atoms with Crippen molar-refractivity contribution in [1.29, 1.82) is 0 Å². The SMILES string of the molecule is COc1ccccc1Nc1ncc(Cl)c(-c2cccc([N+](=O)[O-])c2)n1. The van der Waals surface area contributed by atoms with Crippen LogP contribution in [-0.2, 0) is 0 Å². The molecular formula is C17H13ClN4O3. The van der Waals surface area contributed by atoms with Gasteiger partial charge >= 0.3 is 0 Å². The van der Waals surface area contributed by atoms with Gasteiger partial charge in [0, 0.05) is 17.7 Å². The highest BCUT2D eigenvalue weighted by Crippen LogP contribution is 2.30. The van der Waals surface area contributed by atoms with Crippen LogP contribution in [0.4, 0.5) is 17.3 Å². The Balaban J connectivity index is 1.98. The molecule has 1 heterocycles. The number of nitro benzene ring substituents is 1. The Morgan fingerprint density at radius 3 is 2.76 bits per heavy atom. The highest BCUT2D eigenvalue weighted by atomic mass is 35.5. The van der Waals surface area contributed by atoms with E-state index in [0.717, 1.165) is 0 Å². The number of nitro groups is 1. The monoisotopic (exact) mass is 356 g/mol. The van der Waals surface area contributed by atoms with Crippen molar-refractivity contribution < 1.29 is 9.66 Å². The van der Waals surface area contributed by atoms with E-state index in [1.54, 1.807) is 25.3 Å². The lowest BCUT2D eigenvalue weighted by molar-refractivity contribution is -0.384. The van der Waals surface area contributed by atoms with Crippen LogP contribution >= 0.6 is 11.6 Å². The quantitative estimate of drug-likeness (QED) is 0.536. The third-order valence-corrected chi connectivity index (χ3v) is 3.70. The van der Waals surface area contributed by atoms with Crippen molar-refractivity contribution in [3.8, 4) is 17.0 Å². The third kappa shape index (κ3) is 3.67. The summed E-state index contributed by atoms with van der Waals surface area (Å²) in [7, 11) is 1.57. The summed E-state index contributed by atoms with van der Waals surface area (Å²) in [5.74, 6) is 0.938. The number of para-hydroxylation sites is 2. The van der Waals surface area contributed by atoms with Crippen LogP contribution < -0.4 is 10.1 Å². The van der Waals surface area contributed by atoms with Gasteiger partial charge in [-0.05, 0) is 12.1 Å². The van der Waals surface area contributed by atoms with Crippen LogP contribution in [0.5, 0.6) is 5.75 Å². The lowest BCUT2D eigenvalue weighted by Gasteiger charge is -2.11. The summed E-state index contributed by atoms with van der Waals surface area (Å²) in [6.07, 6.45) is 1.44. The fourth-order valence-electron chi connectivity index (χ4n) is 2.26. The number of aromatic nitrogens is 2. The van der Waals surface area contributed by atoms with E-state index in [4.69, 9.17) is 16.3 Å². The average molecular weight is 357 g/mol. The van der Waals surface area contributed by atoms with Gasteiger partial charge in [-0.1, -0.05) is 35.9 Å². The second-order valence-corrected chi connectivity index (χ2v) is 5.43. The van der Waals surface area contributed by atoms with E-state index in [0.29, 0.717) is 33.7 Å². The summed E-state index contributed by atoms with van der Waals surface area (Å²) in [5, 5.41) is 14.3. The number of hydrogen-bond acceptors (Lipinski definition) is 6. The molecule has 0 amide bonds. The Hall–Kier alpha value is -3.19. The van der Waals surface area contributed by atoms with Gasteiger partial charge in [-0.15, -0.1) is 0 Å². The molecule has 126 valence electrons. The van der Waals surface area contributed by atoms with Gasteiger partial charge in [0.1, 0.15) is 5.75 Å². The van der Waals surface area contributed by atoms with Crippen LogP contribution in [-0.4, -0.2) is 22.0 Å². The number of nitrogens with one attached hydrogen (secondary N) is 1. The maximum atomic E-state index is 11.0. The normalized spacial score (nSPS) is 10.3. The molecule has 0 fully saturated rings. The van der Waals surface area contributed by atoms with Gasteiger partial charge < -0.3 is 10.1 Å². The predicted octanol–water partition coefficient (Wildman–Crippen LogP) is 4.46. The minimum atomic E-state index is -0.466. The van der Waals surface area contributed by atoms with E-state index in [2.05, 4.69) is 15.3 Å². The fraction of sp³-hybridized carbons (Fsp3) is 0.0588. The van der Waals surface area contributed by atoms with Gasteiger partial charge in [0.25, 0.3) is 5.69 Å². The molecule has 1 aromatic heterocycles. The Kier molecular flexibility index (Phi) is 4.76. The van der Waals surface area contributed by atoms with Crippen molar-refractivity contribution >= 4 is 28.9 Å². The zero-order valence-corrected chi connectivity index (χ0v) is 13.9. The number of hydrogen-bond donors (Lipinski definition) is 1. The van der Waals surface area contributed by atoms with E-state index < -0.39 is 4.92 Å². The molecule has 0 saturated carbocycles. The van der Waals surface area contributed by atoms with Crippen LogP contribution in [0.2, 0.25) is 5.02 Å². The number of halogens is 1. The number of nitrogens with zero attached hydrogens (tertiary/aromatic N) is 3. The Morgan fingerprint density at radius 1 is 1.20 bits per heavy atom. The topological polar surface area (TPSA) is 90.2 Å². The molecule has 1 N–H and O–H groups in total. The maximum absolute atomic E-state index is 11.0. The molecule has 0 aliphatic carbocycles. The lowest BCUT2D eigenvalue weighted by Crippen LogP contribution is -2.00. The summed E-state index contributed by atoms with van der Waals surface area (Å²) in [4.78, 5) is 19.0. The summed E-state index contributed by atoms with van der Waals surface area (Å²) in [5.41, 5.74) is 1.59. The smallest absolute Gasteiger partial charge is 0.270 e. The molecule has 3 aromatic rings. The first-order chi connectivity index (χ1) is 12.1. The minimum absolute atomic E-state index is 0.0357. The van der Waals surface area contributed by atoms with Crippen LogP contribution in [0.15, 0.2) is 54.7 Å². The van der Waals surface area contributed by atoms with Gasteiger partial charge in [0.05, 0.1) is 34.6 Å². The summed E-state index contributed by atoms with van der Waals surface area (Å²) >= 11 is 6.18. The van der Waals surface area contributed by atoms with Crippen molar-refractivity contribution in [2.45, 2.75) is 0 Å². The highest BCUT2D eigenvalue weighted by Gasteiger charge is 2.13. The van der Waals surface area contributed by atoms with Crippen molar-refractivity contribution in [3.63, 3.8) is 0 Å². The molecule has 2 aromatic carbocycles. The van der Waals surface area contributed by atoms with Crippen molar-refractivity contribution in [1.82, 2.24) is 9.97 Å². The van der Waals surface area contributed by atoms with E-state index in [1.807, 2.05) is 18.2 Å². The van der Waals surface area contributed by atoms with E-state index in [9.17, 15) is 10.1 Å². The van der Waals surface area contributed by atoms with E-state index in [-0.39, 0.29) is 5.69 Å². The Labute approximate surface area is 148 Å². The summed E-state index contributed by atoms with van der Waals surface area (Å²) in [6.45, 7) is 0. The Bertz CT molecular complexity index is 933. The first-order valence-corrected chi connectivity index (χ1v) is 7.63. The number of methoxy groups -OCH3 is 1. The average Bonchev–Trinajstić information content (AvgIpc) is 2.64. The molecule has 0 aliphatic heterocycles. The van der Waals surface area contributed by atoms with Gasteiger partial charge in [-0.25, -0.2) is 9.97 Å². The first kappa shape index (κ1) is 16.7. The number of ether oxygens (including phenoxy) is 1. The highest BCUT2D eigenvalue weighted by molar-refractivity contribution is 6.32. The zero-order chi connectivity index (χ0) is 17.8. The first-order valence-electron chi connectivity index (χ1n) is 7.26.